The Kier molecular flexibility index (Phi) is 4.22. The van der Waals surface area contributed by atoms with Gasteiger partial charge in [-0.2, -0.15) is 11.8 Å². The molecule has 1 fully saturated rings. The van der Waals surface area contributed by atoms with E-state index >= 15 is 0 Å². The number of hydrogen-bond acceptors (Lipinski definition) is 4. The van der Waals surface area contributed by atoms with Crippen LogP contribution < -0.4 is 5.73 Å². The number of nitrogens with zero attached hydrogens (tertiary/aromatic N) is 1. The van der Waals surface area contributed by atoms with Crippen molar-refractivity contribution in [1.29, 1.82) is 0 Å². The summed E-state index contributed by atoms with van der Waals surface area (Å²) in [7, 11) is 0. The quantitative estimate of drug-likeness (QED) is 0.647. The molecule has 0 radical (unpaired) electrons. The van der Waals surface area contributed by atoms with Crippen molar-refractivity contribution in [3.63, 3.8) is 0 Å². The lowest BCUT2D eigenvalue weighted by atomic mass is 10.0. The minimum atomic E-state index is -1.00. The Hall–Kier alpha value is -0.260. The average Bonchev–Trinajstić information content (AvgIpc) is 2.50. The second-order valence-corrected chi connectivity index (χ2v) is 5.08. The molecule has 14 heavy (non-hydrogen) atoms. The molecule has 1 unspecified atom stereocenters. The summed E-state index contributed by atoms with van der Waals surface area (Å²) in [4.78, 5) is 13.0. The van der Waals surface area contributed by atoms with Crippen molar-refractivity contribution in [1.82, 2.24) is 4.90 Å². The van der Waals surface area contributed by atoms with E-state index in [1.54, 1.807) is 0 Å². The molecule has 4 nitrogen and oxygen atoms in total. The fourth-order valence-electron chi connectivity index (χ4n) is 1.62. The van der Waals surface area contributed by atoms with Crippen molar-refractivity contribution >= 4 is 17.7 Å². The number of hydrogen-bond donors (Lipinski definition) is 2. The fourth-order valence-corrected chi connectivity index (χ4v) is 2.29. The van der Waals surface area contributed by atoms with E-state index in [1.165, 1.54) is 0 Å². The van der Waals surface area contributed by atoms with Gasteiger partial charge in [0.05, 0.1) is 0 Å². The van der Waals surface area contributed by atoms with Gasteiger partial charge in [-0.3, -0.25) is 9.69 Å². The summed E-state index contributed by atoms with van der Waals surface area (Å²) in [6.07, 6.45) is 0.569. The summed E-state index contributed by atoms with van der Waals surface area (Å²) in [6, 6.07) is 0. The number of nitrogens with two attached hydrogens (primary N) is 1. The first-order valence-electron chi connectivity index (χ1n) is 4.91. The molecule has 0 saturated carbocycles. The number of aliphatic carboxylic acids is 1. The van der Waals surface area contributed by atoms with Crippen molar-refractivity contribution < 1.29 is 9.90 Å². The van der Waals surface area contributed by atoms with Gasteiger partial charge in [0.1, 0.15) is 5.54 Å². The van der Waals surface area contributed by atoms with Crippen LogP contribution in [0.4, 0.5) is 0 Å². The first kappa shape index (κ1) is 11.8. The lowest BCUT2D eigenvalue weighted by Gasteiger charge is -2.19. The highest BCUT2D eigenvalue weighted by Crippen LogP contribution is 2.19. The Morgan fingerprint density at radius 1 is 1.71 bits per heavy atom. The second-order valence-electron chi connectivity index (χ2n) is 3.68. The number of carbonyl (C=O) groups is 1. The summed E-state index contributed by atoms with van der Waals surface area (Å²) in [5.74, 6) is 1.30. The molecule has 1 aliphatic heterocycles. The molecular formula is C9H18N2O2S. The molecule has 0 aromatic heterocycles. The van der Waals surface area contributed by atoms with Crippen LogP contribution >= 0.6 is 11.8 Å². The van der Waals surface area contributed by atoms with E-state index in [0.29, 0.717) is 13.0 Å². The van der Waals surface area contributed by atoms with Crippen molar-refractivity contribution in [2.24, 2.45) is 5.73 Å². The van der Waals surface area contributed by atoms with Crippen molar-refractivity contribution in [2.45, 2.75) is 18.9 Å². The Morgan fingerprint density at radius 3 is 2.93 bits per heavy atom. The predicted octanol–water partition coefficient (Wildman–Crippen LogP) is 0.227. The summed E-state index contributed by atoms with van der Waals surface area (Å²) in [6.45, 7) is 4.38. The molecule has 1 saturated heterocycles. The van der Waals surface area contributed by atoms with Crippen LogP contribution in [-0.2, 0) is 4.79 Å². The lowest BCUT2D eigenvalue weighted by Crippen LogP contribution is -2.50. The average molecular weight is 218 g/mol. The van der Waals surface area contributed by atoms with Gasteiger partial charge in [-0.05, 0) is 12.2 Å². The van der Waals surface area contributed by atoms with Gasteiger partial charge < -0.3 is 10.8 Å². The summed E-state index contributed by atoms with van der Waals surface area (Å²) >= 11 is 1.87. The van der Waals surface area contributed by atoms with Gasteiger partial charge in [-0.15, -0.1) is 0 Å². The Balaban J connectivity index is 2.30. The molecule has 5 heteroatoms. The molecule has 0 aromatic rings. The van der Waals surface area contributed by atoms with E-state index < -0.39 is 11.5 Å². The Labute approximate surface area is 88.8 Å². The molecule has 0 amide bonds. The zero-order chi connectivity index (χ0) is 10.6. The van der Waals surface area contributed by atoms with E-state index in [9.17, 15) is 4.79 Å². The molecule has 1 heterocycles. The van der Waals surface area contributed by atoms with E-state index in [1.807, 2.05) is 11.8 Å². The zero-order valence-electron chi connectivity index (χ0n) is 8.53. The molecule has 1 aliphatic rings. The normalized spacial score (nSPS) is 28.1. The third-order valence-electron chi connectivity index (χ3n) is 2.56. The molecule has 1 rings (SSSR count). The largest absolute Gasteiger partial charge is 0.480 e. The SMILES string of the molecule is CCSCCN1CCC(N)(C(=O)O)C1. The maximum absolute atomic E-state index is 10.8. The van der Waals surface area contributed by atoms with Crippen LogP contribution in [0.3, 0.4) is 0 Å². The van der Waals surface area contributed by atoms with E-state index in [-0.39, 0.29) is 0 Å². The third-order valence-corrected chi connectivity index (χ3v) is 3.44. The van der Waals surface area contributed by atoms with Gasteiger partial charge in [0.2, 0.25) is 0 Å². The van der Waals surface area contributed by atoms with Gasteiger partial charge in [-0.25, -0.2) is 0 Å². The summed E-state index contributed by atoms with van der Waals surface area (Å²) in [5.41, 5.74) is 4.75. The molecule has 0 spiro atoms. The molecule has 0 bridgehead atoms. The number of rotatable bonds is 5. The van der Waals surface area contributed by atoms with Crippen LogP contribution in [0.2, 0.25) is 0 Å². The van der Waals surface area contributed by atoms with Gasteiger partial charge in [0, 0.05) is 25.4 Å². The topological polar surface area (TPSA) is 66.6 Å². The van der Waals surface area contributed by atoms with Crippen molar-refractivity contribution in [3.05, 3.63) is 0 Å². The van der Waals surface area contributed by atoms with Crippen LogP contribution in [0.25, 0.3) is 0 Å². The Morgan fingerprint density at radius 2 is 2.43 bits per heavy atom. The molecular weight excluding hydrogens is 200 g/mol. The third kappa shape index (κ3) is 2.87. The molecule has 3 N–H and O–H groups in total. The number of likely N-dealkylation sites (tertiary alicyclic amines) is 1. The van der Waals surface area contributed by atoms with Crippen molar-refractivity contribution in [3.8, 4) is 0 Å². The smallest absolute Gasteiger partial charge is 0.325 e. The van der Waals surface area contributed by atoms with Gasteiger partial charge in [0.25, 0.3) is 0 Å². The fraction of sp³-hybridized carbons (Fsp3) is 0.889. The number of carboxylic acids is 1. The Bertz CT molecular complexity index is 213. The van der Waals surface area contributed by atoms with Gasteiger partial charge in [-0.1, -0.05) is 6.92 Å². The zero-order valence-corrected chi connectivity index (χ0v) is 9.35. The van der Waals surface area contributed by atoms with Gasteiger partial charge >= 0.3 is 5.97 Å². The maximum atomic E-state index is 10.8. The first-order valence-corrected chi connectivity index (χ1v) is 6.06. The minimum absolute atomic E-state index is 0.493. The van der Waals surface area contributed by atoms with E-state index in [2.05, 4.69) is 11.8 Å². The van der Waals surface area contributed by atoms with Crippen molar-refractivity contribution in [2.75, 3.05) is 31.1 Å². The lowest BCUT2D eigenvalue weighted by molar-refractivity contribution is -0.142. The van der Waals surface area contributed by atoms with Crippen LogP contribution in [0.15, 0.2) is 0 Å². The number of carboxylic acid groups (broad SMARTS) is 1. The van der Waals surface area contributed by atoms with Crippen LogP contribution in [0.1, 0.15) is 13.3 Å². The molecule has 82 valence electrons. The van der Waals surface area contributed by atoms with Crippen LogP contribution in [0, 0.1) is 0 Å². The predicted molar refractivity (Wildman–Crippen MR) is 58.6 cm³/mol. The maximum Gasteiger partial charge on any atom is 0.325 e. The van der Waals surface area contributed by atoms with Crippen LogP contribution in [0.5, 0.6) is 0 Å². The highest BCUT2D eigenvalue weighted by Gasteiger charge is 2.40. The molecule has 0 aromatic carbocycles. The van der Waals surface area contributed by atoms with E-state index in [4.69, 9.17) is 10.8 Å². The minimum Gasteiger partial charge on any atom is -0.480 e. The van der Waals surface area contributed by atoms with Crippen LogP contribution in [-0.4, -0.2) is 52.7 Å². The molecule has 1 atom stereocenters. The number of thioether (sulfide) groups is 1. The summed E-state index contributed by atoms with van der Waals surface area (Å²) < 4.78 is 0. The highest BCUT2D eigenvalue weighted by atomic mass is 32.2. The second kappa shape index (κ2) is 5.00. The summed E-state index contributed by atoms with van der Waals surface area (Å²) in [5, 5.41) is 8.90. The van der Waals surface area contributed by atoms with Gasteiger partial charge in [0.15, 0.2) is 0 Å². The first-order chi connectivity index (χ1) is 6.58. The molecule has 0 aliphatic carbocycles. The monoisotopic (exact) mass is 218 g/mol. The van der Waals surface area contributed by atoms with E-state index in [0.717, 1.165) is 24.6 Å². The standard InChI is InChI=1S/C9H18N2O2S/c1-2-14-6-5-11-4-3-9(10,7-11)8(12)13/h2-7,10H2,1H3,(H,12,13). The highest BCUT2D eigenvalue weighted by molar-refractivity contribution is 7.99.